The van der Waals surface area contributed by atoms with Gasteiger partial charge in [-0.25, -0.2) is 9.18 Å². The van der Waals surface area contributed by atoms with Gasteiger partial charge in [0, 0.05) is 13.1 Å². The highest BCUT2D eigenvalue weighted by atomic mass is 19.1. The number of rotatable bonds is 1. The van der Waals surface area contributed by atoms with E-state index in [9.17, 15) is 9.18 Å². The minimum atomic E-state index is -0.405. The number of para-hydroxylation sites is 1. The Kier molecular flexibility index (Phi) is 1.88. The largest absolute Gasteiger partial charge is 0.322 e. The number of nitrogens with one attached hydrogen (secondary N) is 1. The van der Waals surface area contributed by atoms with Crippen molar-refractivity contribution in [2.75, 3.05) is 18.4 Å². The monoisotopic (exact) mass is 180 g/mol. The second-order valence-corrected chi connectivity index (χ2v) is 2.90. The van der Waals surface area contributed by atoms with E-state index >= 15 is 0 Å². The molecule has 1 saturated heterocycles. The van der Waals surface area contributed by atoms with Crippen LogP contribution in [0.1, 0.15) is 0 Å². The minimum absolute atomic E-state index is 0.231. The first kappa shape index (κ1) is 8.04. The van der Waals surface area contributed by atoms with Crippen molar-refractivity contribution in [3.05, 3.63) is 30.1 Å². The molecule has 0 unspecified atom stereocenters. The molecule has 2 rings (SSSR count). The van der Waals surface area contributed by atoms with Crippen molar-refractivity contribution in [1.82, 2.24) is 4.90 Å². The van der Waals surface area contributed by atoms with Gasteiger partial charge in [0.1, 0.15) is 5.82 Å². The molecule has 1 aromatic carbocycles. The van der Waals surface area contributed by atoms with Crippen molar-refractivity contribution < 1.29 is 9.18 Å². The second-order valence-electron chi connectivity index (χ2n) is 2.90. The number of hydrogen-bond donors (Lipinski definition) is 1. The molecule has 1 fully saturated rings. The third kappa shape index (κ3) is 1.77. The molecule has 0 saturated carbocycles. The summed E-state index contributed by atoms with van der Waals surface area (Å²) in [7, 11) is 0. The summed E-state index contributed by atoms with van der Waals surface area (Å²) >= 11 is 0. The molecule has 0 radical (unpaired) electrons. The van der Waals surface area contributed by atoms with Crippen LogP contribution >= 0.6 is 0 Å². The highest BCUT2D eigenvalue weighted by Gasteiger charge is 2.24. The van der Waals surface area contributed by atoms with E-state index in [2.05, 4.69) is 5.32 Å². The molecule has 68 valence electrons. The Labute approximate surface area is 75.2 Å². The third-order valence-electron chi connectivity index (χ3n) is 1.85. The molecule has 1 N–H and O–H groups in total. The summed E-state index contributed by atoms with van der Waals surface area (Å²) in [6.07, 6.45) is 0. The van der Waals surface area contributed by atoms with Gasteiger partial charge in [-0.1, -0.05) is 12.1 Å². The SMILES string of the molecule is O=C(Nc1ccccc1F)N1CC1. The second kappa shape index (κ2) is 3.05. The maximum atomic E-state index is 13.0. The van der Waals surface area contributed by atoms with E-state index in [1.165, 1.54) is 12.1 Å². The molecule has 4 heteroatoms. The zero-order valence-corrected chi connectivity index (χ0v) is 6.96. The van der Waals surface area contributed by atoms with Crippen LogP contribution in [-0.4, -0.2) is 24.0 Å². The number of halogens is 1. The molecule has 3 nitrogen and oxygen atoms in total. The number of anilines is 1. The first-order valence-electron chi connectivity index (χ1n) is 4.08. The van der Waals surface area contributed by atoms with Crippen LogP contribution in [0.25, 0.3) is 0 Å². The lowest BCUT2D eigenvalue weighted by molar-refractivity contribution is 0.242. The normalized spacial score (nSPS) is 14.1. The fourth-order valence-electron chi connectivity index (χ4n) is 1.01. The van der Waals surface area contributed by atoms with Gasteiger partial charge in [0.2, 0.25) is 0 Å². The topological polar surface area (TPSA) is 32.1 Å². The lowest BCUT2D eigenvalue weighted by Crippen LogP contribution is -2.19. The predicted octanol–water partition coefficient (Wildman–Crippen LogP) is 1.67. The summed E-state index contributed by atoms with van der Waals surface area (Å²) in [5.74, 6) is -0.405. The molecule has 0 aliphatic carbocycles. The van der Waals surface area contributed by atoms with Crippen LogP contribution in [0.3, 0.4) is 0 Å². The molecule has 1 aromatic rings. The smallest absolute Gasteiger partial charge is 0.321 e. The lowest BCUT2D eigenvalue weighted by Gasteiger charge is -2.05. The van der Waals surface area contributed by atoms with E-state index in [0.29, 0.717) is 0 Å². The number of nitrogens with zero attached hydrogens (tertiary/aromatic N) is 1. The van der Waals surface area contributed by atoms with E-state index in [1.807, 2.05) is 0 Å². The van der Waals surface area contributed by atoms with Gasteiger partial charge < -0.3 is 10.2 Å². The van der Waals surface area contributed by atoms with Gasteiger partial charge in [0.15, 0.2) is 0 Å². The lowest BCUT2D eigenvalue weighted by atomic mass is 10.3. The van der Waals surface area contributed by atoms with Crippen LogP contribution in [0.15, 0.2) is 24.3 Å². The standard InChI is InChI=1S/C9H9FN2O/c10-7-3-1-2-4-8(7)11-9(13)12-5-6-12/h1-4H,5-6H2,(H,11,13). The van der Waals surface area contributed by atoms with Crippen molar-refractivity contribution in [2.24, 2.45) is 0 Å². The van der Waals surface area contributed by atoms with E-state index in [1.54, 1.807) is 17.0 Å². The van der Waals surface area contributed by atoms with Gasteiger partial charge in [-0.2, -0.15) is 0 Å². The summed E-state index contributed by atoms with van der Waals surface area (Å²) < 4.78 is 13.0. The van der Waals surface area contributed by atoms with E-state index < -0.39 is 5.82 Å². The Hall–Kier alpha value is -1.58. The van der Waals surface area contributed by atoms with Crippen LogP contribution in [0, 0.1) is 5.82 Å². The zero-order valence-electron chi connectivity index (χ0n) is 6.96. The highest BCUT2D eigenvalue weighted by Crippen LogP contribution is 2.14. The minimum Gasteiger partial charge on any atom is -0.321 e. The van der Waals surface area contributed by atoms with Crippen LogP contribution in [-0.2, 0) is 0 Å². The summed E-state index contributed by atoms with van der Waals surface area (Å²) in [6.45, 7) is 1.53. The zero-order chi connectivity index (χ0) is 9.26. The molecule has 0 atom stereocenters. The molecular formula is C9H9FN2O. The predicted molar refractivity (Wildman–Crippen MR) is 47.0 cm³/mol. The Balaban J connectivity index is 2.08. The average Bonchev–Trinajstić information content (AvgIpc) is 2.91. The highest BCUT2D eigenvalue weighted by molar-refractivity contribution is 5.90. The molecule has 0 bridgehead atoms. The summed E-state index contributed by atoms with van der Waals surface area (Å²) in [4.78, 5) is 12.8. The number of urea groups is 1. The number of amides is 2. The maximum Gasteiger partial charge on any atom is 0.322 e. The Morgan fingerprint density at radius 2 is 2.08 bits per heavy atom. The van der Waals surface area contributed by atoms with Gasteiger partial charge in [0.05, 0.1) is 5.69 Å². The van der Waals surface area contributed by atoms with Crippen LogP contribution < -0.4 is 5.32 Å². The molecule has 0 spiro atoms. The first-order valence-corrected chi connectivity index (χ1v) is 4.08. The van der Waals surface area contributed by atoms with Crippen LogP contribution in [0.4, 0.5) is 14.9 Å². The average molecular weight is 180 g/mol. The van der Waals surface area contributed by atoms with Crippen molar-refractivity contribution >= 4 is 11.7 Å². The van der Waals surface area contributed by atoms with Crippen LogP contribution in [0.2, 0.25) is 0 Å². The van der Waals surface area contributed by atoms with Gasteiger partial charge in [-0.15, -0.1) is 0 Å². The third-order valence-corrected chi connectivity index (χ3v) is 1.85. The van der Waals surface area contributed by atoms with Gasteiger partial charge in [-0.3, -0.25) is 0 Å². The fraction of sp³-hybridized carbons (Fsp3) is 0.222. The molecule has 13 heavy (non-hydrogen) atoms. The number of benzene rings is 1. The quantitative estimate of drug-likeness (QED) is 0.655. The number of carbonyl (C=O) groups excluding carboxylic acids is 1. The summed E-state index contributed by atoms with van der Waals surface area (Å²) in [5.41, 5.74) is 0.236. The van der Waals surface area contributed by atoms with Gasteiger partial charge in [-0.05, 0) is 12.1 Å². The maximum absolute atomic E-state index is 13.0. The van der Waals surface area contributed by atoms with Crippen LogP contribution in [0.5, 0.6) is 0 Å². The van der Waals surface area contributed by atoms with E-state index in [-0.39, 0.29) is 11.7 Å². The Morgan fingerprint density at radius 3 is 2.69 bits per heavy atom. The van der Waals surface area contributed by atoms with Crippen molar-refractivity contribution in [2.45, 2.75) is 0 Å². The Morgan fingerprint density at radius 1 is 1.38 bits per heavy atom. The fourth-order valence-corrected chi connectivity index (χ4v) is 1.01. The van der Waals surface area contributed by atoms with E-state index in [4.69, 9.17) is 0 Å². The van der Waals surface area contributed by atoms with E-state index in [0.717, 1.165) is 13.1 Å². The molecule has 1 aliphatic heterocycles. The number of carbonyl (C=O) groups is 1. The van der Waals surface area contributed by atoms with Crippen molar-refractivity contribution in [1.29, 1.82) is 0 Å². The number of hydrogen-bond acceptors (Lipinski definition) is 1. The van der Waals surface area contributed by atoms with Crippen molar-refractivity contribution in [3.8, 4) is 0 Å². The molecule has 2 amide bonds. The summed E-state index contributed by atoms with van der Waals surface area (Å²) in [5, 5.41) is 2.48. The van der Waals surface area contributed by atoms with Gasteiger partial charge in [0.25, 0.3) is 0 Å². The van der Waals surface area contributed by atoms with Crippen molar-refractivity contribution in [3.63, 3.8) is 0 Å². The molecule has 1 aliphatic rings. The first-order chi connectivity index (χ1) is 6.27. The summed E-state index contributed by atoms with van der Waals surface area (Å²) in [6, 6.07) is 5.89. The Bertz CT molecular complexity index is 336. The molecule has 1 heterocycles. The molecular weight excluding hydrogens is 171 g/mol. The van der Waals surface area contributed by atoms with Gasteiger partial charge >= 0.3 is 6.03 Å². The molecule has 0 aromatic heterocycles.